The van der Waals surface area contributed by atoms with Crippen molar-refractivity contribution in [3.63, 3.8) is 0 Å². The summed E-state index contributed by atoms with van der Waals surface area (Å²) in [5.41, 5.74) is 0. The van der Waals surface area contributed by atoms with Gasteiger partial charge in [0, 0.05) is 43.6 Å². The van der Waals surface area contributed by atoms with Gasteiger partial charge in [0.15, 0.2) is 0 Å². The van der Waals surface area contributed by atoms with Gasteiger partial charge in [-0.25, -0.2) is 9.86 Å². The van der Waals surface area contributed by atoms with Crippen LogP contribution in [0.3, 0.4) is 0 Å². The van der Waals surface area contributed by atoms with Gasteiger partial charge in [-0.2, -0.15) is 13.2 Å². The van der Waals surface area contributed by atoms with Crippen molar-refractivity contribution < 1.29 is 37.4 Å². The van der Waals surface area contributed by atoms with Crippen LogP contribution < -0.4 is 0 Å². The Morgan fingerprint density at radius 3 is 2.60 bits per heavy atom. The van der Waals surface area contributed by atoms with Gasteiger partial charge in [0.25, 0.3) is 5.91 Å². The Bertz CT molecular complexity index is 710. The summed E-state index contributed by atoms with van der Waals surface area (Å²) in [5.74, 6) is -2.23. The minimum absolute atomic E-state index is 0.00862. The SMILES string of the molecule is O=C(O)C(F)(F)F.O=C([C@H]1CN(Cc2cccs2)C[C@H]2OCC[C@@H]12)N1CCCCO1. The molecule has 4 heterocycles. The summed E-state index contributed by atoms with van der Waals surface area (Å²) in [6.07, 6.45) is -1.79. The molecule has 0 unspecified atom stereocenters. The van der Waals surface area contributed by atoms with Gasteiger partial charge in [0.1, 0.15) is 0 Å². The number of fused-ring (bicyclic) bond motifs is 1. The van der Waals surface area contributed by atoms with E-state index in [0.29, 0.717) is 12.5 Å². The number of halogens is 3. The predicted molar refractivity (Wildman–Crippen MR) is 102 cm³/mol. The summed E-state index contributed by atoms with van der Waals surface area (Å²) >= 11 is 1.78. The fourth-order valence-electron chi connectivity index (χ4n) is 4.02. The molecule has 3 fully saturated rings. The van der Waals surface area contributed by atoms with Crippen molar-refractivity contribution in [2.24, 2.45) is 11.8 Å². The number of carboxylic acids is 1. The summed E-state index contributed by atoms with van der Waals surface area (Å²) < 4.78 is 37.7. The molecule has 1 aromatic rings. The van der Waals surface area contributed by atoms with Crippen molar-refractivity contribution in [3.05, 3.63) is 22.4 Å². The molecular weight excluding hydrogens is 425 g/mol. The summed E-state index contributed by atoms with van der Waals surface area (Å²) in [7, 11) is 0. The number of piperidine rings is 1. The van der Waals surface area contributed by atoms with Crippen molar-refractivity contribution in [1.29, 1.82) is 0 Å². The molecule has 3 saturated heterocycles. The molecule has 1 aromatic heterocycles. The summed E-state index contributed by atoms with van der Waals surface area (Å²) in [6.45, 7) is 4.86. The lowest BCUT2D eigenvalue weighted by Gasteiger charge is -2.41. The van der Waals surface area contributed by atoms with Crippen LogP contribution in [0.5, 0.6) is 0 Å². The summed E-state index contributed by atoms with van der Waals surface area (Å²) in [6, 6.07) is 4.25. The van der Waals surface area contributed by atoms with Crippen LogP contribution in [0.15, 0.2) is 17.5 Å². The Balaban J connectivity index is 0.000000318. The minimum Gasteiger partial charge on any atom is -0.475 e. The van der Waals surface area contributed by atoms with Gasteiger partial charge in [-0.1, -0.05) is 6.07 Å². The number of ether oxygens (including phenoxy) is 1. The lowest BCUT2D eigenvalue weighted by Crippen LogP contribution is -2.53. The van der Waals surface area contributed by atoms with E-state index in [9.17, 15) is 18.0 Å². The number of hydrogen-bond acceptors (Lipinski definition) is 6. The molecular formula is C19H25F3N2O5S. The van der Waals surface area contributed by atoms with Gasteiger partial charge in [-0.05, 0) is 30.7 Å². The maximum Gasteiger partial charge on any atom is 0.490 e. The number of thiophene rings is 1. The highest BCUT2D eigenvalue weighted by molar-refractivity contribution is 7.09. The Hall–Kier alpha value is -1.69. The molecule has 7 nitrogen and oxygen atoms in total. The first-order valence-corrected chi connectivity index (χ1v) is 10.7. The molecule has 1 N–H and O–H groups in total. The number of nitrogens with zero attached hydrogens (tertiary/aromatic N) is 2. The molecule has 0 spiro atoms. The average molecular weight is 450 g/mol. The highest BCUT2D eigenvalue weighted by Gasteiger charge is 2.45. The van der Waals surface area contributed by atoms with Crippen LogP contribution in [0.4, 0.5) is 13.2 Å². The Morgan fingerprint density at radius 1 is 1.23 bits per heavy atom. The van der Waals surface area contributed by atoms with E-state index in [1.165, 1.54) is 4.88 Å². The summed E-state index contributed by atoms with van der Waals surface area (Å²) in [5, 5.41) is 10.9. The molecule has 3 aliphatic rings. The smallest absolute Gasteiger partial charge is 0.475 e. The largest absolute Gasteiger partial charge is 0.490 e. The highest BCUT2D eigenvalue weighted by atomic mass is 32.1. The van der Waals surface area contributed by atoms with Crippen molar-refractivity contribution in [2.75, 3.05) is 32.8 Å². The number of carboxylic acid groups (broad SMARTS) is 1. The standard InChI is InChI=1S/C17H24N2O3S.C2HF3O2/c20-17(19-6-1-2-7-22-19)15-11-18(10-13-4-3-9-23-13)12-16-14(15)5-8-21-16;3-2(4,5)1(6)7/h3-4,9,14-16H,1-2,5-8,10-12H2;(H,6,7)/t14-,15-,16+;/m0./s1. The molecule has 4 rings (SSSR count). The number of carbonyl (C=O) groups is 2. The van der Waals surface area contributed by atoms with E-state index in [4.69, 9.17) is 19.5 Å². The third-order valence-corrected chi connectivity index (χ3v) is 6.30. The quantitative estimate of drug-likeness (QED) is 0.763. The fourth-order valence-corrected chi connectivity index (χ4v) is 4.77. The third kappa shape index (κ3) is 5.93. The van der Waals surface area contributed by atoms with Crippen LogP contribution in [0, 0.1) is 11.8 Å². The van der Waals surface area contributed by atoms with Gasteiger partial charge in [-0.15, -0.1) is 11.3 Å². The minimum atomic E-state index is -5.08. The number of alkyl halides is 3. The van der Waals surface area contributed by atoms with Gasteiger partial charge in [0.2, 0.25) is 0 Å². The normalized spacial score (nSPS) is 27.2. The van der Waals surface area contributed by atoms with Gasteiger partial charge >= 0.3 is 12.1 Å². The Labute approximate surface area is 176 Å². The van der Waals surface area contributed by atoms with Gasteiger partial charge < -0.3 is 9.84 Å². The lowest BCUT2D eigenvalue weighted by molar-refractivity contribution is -0.205. The van der Waals surface area contributed by atoms with E-state index < -0.39 is 12.1 Å². The van der Waals surface area contributed by atoms with Crippen LogP contribution >= 0.6 is 11.3 Å². The van der Waals surface area contributed by atoms with E-state index in [2.05, 4.69) is 22.4 Å². The molecule has 168 valence electrons. The third-order valence-electron chi connectivity index (χ3n) is 5.44. The molecule has 0 radical (unpaired) electrons. The molecule has 0 aromatic carbocycles. The van der Waals surface area contributed by atoms with Gasteiger partial charge in [0.05, 0.1) is 18.6 Å². The lowest BCUT2D eigenvalue weighted by atomic mass is 9.82. The van der Waals surface area contributed by atoms with E-state index in [-0.39, 0.29) is 17.9 Å². The molecule has 1 amide bonds. The topological polar surface area (TPSA) is 79.3 Å². The zero-order chi connectivity index (χ0) is 21.7. The first-order chi connectivity index (χ1) is 14.3. The van der Waals surface area contributed by atoms with Crippen LogP contribution in [0.1, 0.15) is 24.1 Å². The number of carbonyl (C=O) groups excluding carboxylic acids is 1. The number of amides is 1. The second-order valence-corrected chi connectivity index (χ2v) is 8.56. The predicted octanol–water partition coefficient (Wildman–Crippen LogP) is 2.77. The van der Waals surface area contributed by atoms with Crippen LogP contribution in [0.25, 0.3) is 0 Å². The van der Waals surface area contributed by atoms with Crippen LogP contribution in [-0.4, -0.2) is 72.1 Å². The molecule has 0 saturated carbocycles. The first kappa shape index (κ1) is 23.0. The highest BCUT2D eigenvalue weighted by Crippen LogP contribution is 2.36. The molecule has 0 bridgehead atoms. The van der Waals surface area contributed by atoms with E-state index in [0.717, 1.165) is 52.0 Å². The van der Waals surface area contributed by atoms with Crippen molar-refractivity contribution in [2.45, 2.75) is 38.1 Å². The van der Waals surface area contributed by atoms with E-state index in [1.807, 2.05) is 0 Å². The number of hydrogen-bond donors (Lipinski definition) is 1. The van der Waals surface area contributed by atoms with E-state index >= 15 is 0 Å². The zero-order valence-electron chi connectivity index (χ0n) is 16.3. The fraction of sp³-hybridized carbons (Fsp3) is 0.684. The second-order valence-electron chi connectivity index (χ2n) is 7.53. The van der Waals surface area contributed by atoms with Crippen molar-refractivity contribution in [1.82, 2.24) is 9.96 Å². The van der Waals surface area contributed by atoms with Crippen molar-refractivity contribution >= 4 is 23.2 Å². The van der Waals surface area contributed by atoms with Crippen molar-refractivity contribution in [3.8, 4) is 0 Å². The Kier molecular flexibility index (Phi) is 7.72. The number of likely N-dealkylation sites (tertiary alicyclic amines) is 1. The molecule has 0 aliphatic carbocycles. The van der Waals surface area contributed by atoms with Crippen LogP contribution in [0.2, 0.25) is 0 Å². The Morgan fingerprint density at radius 2 is 2.00 bits per heavy atom. The van der Waals surface area contributed by atoms with E-state index in [1.54, 1.807) is 16.4 Å². The molecule has 11 heteroatoms. The molecule has 30 heavy (non-hydrogen) atoms. The average Bonchev–Trinajstić information content (AvgIpc) is 3.39. The van der Waals surface area contributed by atoms with Gasteiger partial charge in [-0.3, -0.25) is 14.5 Å². The monoisotopic (exact) mass is 450 g/mol. The first-order valence-electron chi connectivity index (χ1n) is 9.86. The molecule has 3 aliphatic heterocycles. The number of hydroxylamine groups is 2. The second kappa shape index (κ2) is 10.1. The zero-order valence-corrected chi connectivity index (χ0v) is 17.2. The summed E-state index contributed by atoms with van der Waals surface area (Å²) in [4.78, 5) is 31.2. The maximum atomic E-state index is 13.0. The maximum absolute atomic E-state index is 13.0. The number of rotatable bonds is 3. The van der Waals surface area contributed by atoms with Crippen LogP contribution in [-0.2, 0) is 25.7 Å². The number of aliphatic carboxylic acids is 1. The molecule has 3 atom stereocenters.